The van der Waals surface area contributed by atoms with Gasteiger partial charge in [0.15, 0.2) is 0 Å². The molecule has 0 spiro atoms. The number of nitrogens with zero attached hydrogens (tertiary/aromatic N) is 2. The highest BCUT2D eigenvalue weighted by atomic mass is 32.2. The predicted molar refractivity (Wildman–Crippen MR) is 75.7 cm³/mol. The van der Waals surface area contributed by atoms with E-state index < -0.39 is 16.4 Å². The molecule has 0 radical (unpaired) electrons. The molecular formula is C11H20N4O4S. The number of rotatable bonds is 7. The van der Waals surface area contributed by atoms with E-state index in [1.54, 1.807) is 17.3 Å². The van der Waals surface area contributed by atoms with Crippen LogP contribution in [0.3, 0.4) is 0 Å². The topological polar surface area (TPSA) is 117 Å². The highest BCUT2D eigenvalue weighted by Gasteiger charge is 2.27. The second-order valence-electron chi connectivity index (χ2n) is 4.70. The van der Waals surface area contributed by atoms with Crippen molar-refractivity contribution in [3.8, 4) is 0 Å². The summed E-state index contributed by atoms with van der Waals surface area (Å²) in [4.78, 5) is 5.81. The van der Waals surface area contributed by atoms with E-state index in [1.165, 1.54) is 0 Å². The van der Waals surface area contributed by atoms with Crippen LogP contribution in [0.1, 0.15) is 6.42 Å². The molecule has 0 aromatic carbocycles. The Bertz CT molecular complexity index is 513. The minimum Gasteiger partial charge on any atom is -0.389 e. The van der Waals surface area contributed by atoms with Crippen LogP contribution in [0.25, 0.3) is 0 Å². The van der Waals surface area contributed by atoms with Gasteiger partial charge >= 0.3 is 10.3 Å². The van der Waals surface area contributed by atoms with Gasteiger partial charge in [0, 0.05) is 25.7 Å². The van der Waals surface area contributed by atoms with Gasteiger partial charge in [0.1, 0.15) is 5.82 Å². The first-order chi connectivity index (χ1) is 9.17. The van der Waals surface area contributed by atoms with Crippen molar-refractivity contribution >= 4 is 16.6 Å². The van der Waals surface area contributed by atoms with Crippen molar-refractivity contribution in [3.63, 3.8) is 0 Å². The van der Waals surface area contributed by atoms with E-state index in [0.29, 0.717) is 17.9 Å². The van der Waals surface area contributed by atoms with Crippen LogP contribution in [0.2, 0.25) is 0 Å². The third-order valence-corrected chi connectivity index (χ3v) is 3.00. The summed E-state index contributed by atoms with van der Waals surface area (Å²) in [6.45, 7) is 3.55. The zero-order chi connectivity index (χ0) is 15.3. The van der Waals surface area contributed by atoms with Crippen LogP contribution < -0.4 is 10.5 Å². The van der Waals surface area contributed by atoms with Gasteiger partial charge in [0.05, 0.1) is 19.0 Å². The van der Waals surface area contributed by atoms with E-state index in [0.717, 1.165) is 0 Å². The van der Waals surface area contributed by atoms with Crippen molar-refractivity contribution in [2.45, 2.75) is 12.5 Å². The Balaban J connectivity index is 2.47. The average Bonchev–Trinajstić information content (AvgIpc) is 2.63. The van der Waals surface area contributed by atoms with Crippen LogP contribution in [0.4, 0.5) is 0 Å². The van der Waals surface area contributed by atoms with Crippen molar-refractivity contribution in [3.05, 3.63) is 24.2 Å². The van der Waals surface area contributed by atoms with E-state index >= 15 is 0 Å². The van der Waals surface area contributed by atoms with Crippen molar-refractivity contribution in [2.75, 3.05) is 20.7 Å². The maximum absolute atomic E-state index is 10.7. The highest BCUT2D eigenvalue weighted by molar-refractivity contribution is 7.84. The number of nitrogens with one attached hydrogen (secondary N) is 1. The van der Waals surface area contributed by atoms with Gasteiger partial charge in [-0.1, -0.05) is 6.58 Å². The summed E-state index contributed by atoms with van der Waals surface area (Å²) in [6.07, 6.45) is 2.79. The number of allylic oxidation sites excluding steroid dienone is 1. The third kappa shape index (κ3) is 6.15. The van der Waals surface area contributed by atoms with Crippen molar-refractivity contribution in [1.82, 2.24) is 10.2 Å². The molecule has 0 unspecified atom stereocenters. The minimum absolute atomic E-state index is 0.172. The molecule has 0 amide bonds. The maximum Gasteiger partial charge on any atom is 0.333 e. The van der Waals surface area contributed by atoms with Crippen LogP contribution in [0, 0.1) is 5.92 Å². The van der Waals surface area contributed by atoms with Gasteiger partial charge in [0.2, 0.25) is 0 Å². The first-order valence-corrected chi connectivity index (χ1v) is 7.37. The molecule has 1 aliphatic carbocycles. The summed E-state index contributed by atoms with van der Waals surface area (Å²) in [5.74, 6) is 0.0478. The number of hydrogen-bond donors (Lipinski definition) is 3. The van der Waals surface area contributed by atoms with Crippen molar-refractivity contribution < 1.29 is 17.7 Å². The number of aliphatic hydroxyl groups excluding tert-OH is 1. The molecule has 0 heterocycles. The zero-order valence-corrected chi connectivity index (χ0v) is 12.3. The highest BCUT2D eigenvalue weighted by Crippen LogP contribution is 2.25. The van der Waals surface area contributed by atoms with E-state index in [9.17, 15) is 13.5 Å². The van der Waals surface area contributed by atoms with Gasteiger partial charge in [-0.25, -0.2) is 10.1 Å². The molecule has 0 aliphatic heterocycles. The fourth-order valence-corrected chi connectivity index (χ4v) is 2.01. The first kappa shape index (κ1) is 16.6. The van der Waals surface area contributed by atoms with Crippen molar-refractivity contribution in [1.29, 1.82) is 0 Å². The lowest BCUT2D eigenvalue weighted by Crippen LogP contribution is -2.25. The van der Waals surface area contributed by atoms with Crippen LogP contribution in [-0.2, 0) is 14.5 Å². The molecular weight excluding hydrogens is 284 g/mol. The molecule has 4 N–H and O–H groups in total. The second-order valence-corrected chi connectivity index (χ2v) is 5.93. The third-order valence-electron chi connectivity index (χ3n) is 2.53. The minimum atomic E-state index is -3.99. The van der Waals surface area contributed by atoms with Gasteiger partial charge < -0.3 is 15.3 Å². The largest absolute Gasteiger partial charge is 0.389 e. The smallest absolute Gasteiger partial charge is 0.333 e. The lowest BCUT2D eigenvalue weighted by Gasteiger charge is -2.13. The lowest BCUT2D eigenvalue weighted by atomic mass is 10.1. The number of aliphatic imine (C=N–C) groups is 1. The summed E-state index contributed by atoms with van der Waals surface area (Å²) in [5.41, 5.74) is 0.710. The fraction of sp³-hybridized carbons (Fsp3) is 0.545. The van der Waals surface area contributed by atoms with Crippen molar-refractivity contribution in [2.24, 2.45) is 16.0 Å². The molecule has 20 heavy (non-hydrogen) atoms. The predicted octanol–water partition coefficient (Wildman–Crippen LogP) is -0.878. The van der Waals surface area contributed by atoms with E-state index in [-0.39, 0.29) is 12.5 Å². The Labute approximate surface area is 118 Å². The monoisotopic (exact) mass is 304 g/mol. The Morgan fingerprint density at radius 3 is 2.95 bits per heavy atom. The van der Waals surface area contributed by atoms with Crippen LogP contribution >= 0.6 is 0 Å². The zero-order valence-electron chi connectivity index (χ0n) is 11.5. The molecule has 1 rings (SSSR count). The molecule has 0 saturated carbocycles. The SMILES string of the molecule is C=C(/N=C\N(C)C)NC1=C[C@H](O)[C@@H](COS(N)(=O)=O)C1. The Hall–Kier alpha value is -1.42. The van der Waals surface area contributed by atoms with Gasteiger partial charge in [-0.05, 0) is 12.5 Å². The van der Waals surface area contributed by atoms with Gasteiger partial charge in [-0.2, -0.15) is 8.42 Å². The second kappa shape index (κ2) is 6.84. The van der Waals surface area contributed by atoms with Crippen LogP contribution in [-0.4, -0.2) is 51.6 Å². The van der Waals surface area contributed by atoms with Gasteiger partial charge in [-0.3, -0.25) is 4.18 Å². The van der Waals surface area contributed by atoms with E-state index in [1.807, 2.05) is 14.1 Å². The lowest BCUT2D eigenvalue weighted by molar-refractivity contribution is 0.124. The summed E-state index contributed by atoms with van der Waals surface area (Å²) in [7, 11) is -0.336. The molecule has 0 bridgehead atoms. The molecule has 8 nitrogen and oxygen atoms in total. The molecule has 114 valence electrons. The summed E-state index contributed by atoms with van der Waals surface area (Å²) in [5, 5.41) is 17.5. The molecule has 1 aliphatic rings. The molecule has 0 aromatic rings. The molecule has 9 heteroatoms. The number of aliphatic hydroxyl groups is 1. The van der Waals surface area contributed by atoms with Gasteiger partial charge in [0.25, 0.3) is 0 Å². The van der Waals surface area contributed by atoms with E-state index in [4.69, 9.17) is 5.14 Å². The Kier molecular flexibility index (Phi) is 5.69. The molecule has 0 aromatic heterocycles. The molecule has 0 saturated heterocycles. The van der Waals surface area contributed by atoms with E-state index in [2.05, 4.69) is 21.1 Å². The summed E-state index contributed by atoms with van der Waals surface area (Å²) >= 11 is 0. The molecule has 0 fully saturated rings. The molecule has 2 atom stereocenters. The average molecular weight is 304 g/mol. The number of nitrogens with two attached hydrogens (primary N) is 1. The maximum atomic E-state index is 10.7. The summed E-state index contributed by atoms with van der Waals surface area (Å²) in [6, 6.07) is 0. The first-order valence-electron chi connectivity index (χ1n) is 5.90. The fourth-order valence-electron chi connectivity index (χ4n) is 1.65. The van der Waals surface area contributed by atoms with Crippen LogP contribution in [0.15, 0.2) is 29.2 Å². The quantitative estimate of drug-likeness (QED) is 0.415. The normalized spacial score (nSPS) is 22.9. The van der Waals surface area contributed by atoms with Gasteiger partial charge in [-0.15, -0.1) is 0 Å². The Morgan fingerprint density at radius 1 is 1.75 bits per heavy atom. The summed E-state index contributed by atoms with van der Waals surface area (Å²) < 4.78 is 25.9. The Morgan fingerprint density at radius 2 is 2.40 bits per heavy atom. The standard InChI is InChI=1S/C11H20N4O4S/c1-8(13-7-15(2)3)14-10-4-9(11(16)5-10)6-19-20(12,17)18/h5,7,9,11,14,16H,1,4,6H2,2-3H3,(H2,12,17,18)/b13-7-/t9-,11+/m1/s1. The van der Waals surface area contributed by atoms with Crippen LogP contribution in [0.5, 0.6) is 0 Å². The number of hydrogen-bond acceptors (Lipinski definition) is 6.